The van der Waals surface area contributed by atoms with Crippen LogP contribution in [-0.4, -0.2) is 35.9 Å². The third kappa shape index (κ3) is 3.83. The van der Waals surface area contributed by atoms with Crippen molar-refractivity contribution in [1.29, 1.82) is 0 Å². The number of nitrogens with one attached hydrogen (secondary N) is 1. The van der Waals surface area contributed by atoms with E-state index in [9.17, 15) is 12.6 Å². The van der Waals surface area contributed by atoms with Crippen molar-refractivity contribution in [1.82, 2.24) is 4.72 Å². The molecule has 6 heteroatoms. The first-order valence-electron chi connectivity index (χ1n) is 7.58. The van der Waals surface area contributed by atoms with E-state index in [-0.39, 0.29) is 15.9 Å². The fourth-order valence-electron chi connectivity index (χ4n) is 3.44. The van der Waals surface area contributed by atoms with Crippen LogP contribution < -0.4 is 4.72 Å². The van der Waals surface area contributed by atoms with Crippen LogP contribution in [0.4, 0.5) is 0 Å². The molecule has 2 fully saturated rings. The Labute approximate surface area is 125 Å². The highest BCUT2D eigenvalue weighted by molar-refractivity contribution is 7.89. The van der Waals surface area contributed by atoms with Gasteiger partial charge in [0.05, 0.1) is 10.5 Å². The fraction of sp³-hybridized carbons (Fsp3) is 1.00. The molecule has 2 aliphatic carbocycles. The van der Waals surface area contributed by atoms with Gasteiger partial charge in [0.15, 0.2) is 0 Å². The lowest BCUT2D eigenvalue weighted by Gasteiger charge is -2.40. The van der Waals surface area contributed by atoms with Crippen molar-refractivity contribution < 1.29 is 12.6 Å². The summed E-state index contributed by atoms with van der Waals surface area (Å²) in [4.78, 5) is 0. The van der Waals surface area contributed by atoms with Crippen molar-refractivity contribution >= 4 is 20.8 Å². The Bertz CT molecular complexity index is 463. The molecule has 0 saturated heterocycles. The molecule has 0 aromatic carbocycles. The summed E-state index contributed by atoms with van der Waals surface area (Å²) in [5.74, 6) is 0.215. The number of rotatable bonds is 6. The van der Waals surface area contributed by atoms with Crippen molar-refractivity contribution in [2.24, 2.45) is 5.41 Å². The first kappa shape index (κ1) is 16.4. The molecular weight excluding hydrogens is 294 g/mol. The van der Waals surface area contributed by atoms with E-state index in [1.165, 1.54) is 6.42 Å². The topological polar surface area (TPSA) is 63.2 Å². The summed E-state index contributed by atoms with van der Waals surface area (Å²) in [5, 5.41) is 0. The van der Waals surface area contributed by atoms with Crippen LogP contribution in [0.1, 0.15) is 58.3 Å². The molecular formula is C14H27NO3S2. The van der Waals surface area contributed by atoms with E-state index in [1.807, 2.05) is 0 Å². The van der Waals surface area contributed by atoms with Crippen LogP contribution in [-0.2, 0) is 20.8 Å². The summed E-state index contributed by atoms with van der Waals surface area (Å²) in [5.41, 5.74) is -0.0811. The Balaban J connectivity index is 1.92. The SMILES string of the molecule is CS(=O)C1(CNS(=O)(=O)CC2(C)CCCCC2)CCC1. The first-order valence-corrected chi connectivity index (χ1v) is 10.8. The Kier molecular flexibility index (Phi) is 4.97. The molecule has 0 aromatic heterocycles. The molecule has 4 nitrogen and oxygen atoms in total. The molecule has 0 aliphatic heterocycles. The average Bonchev–Trinajstić information content (AvgIpc) is 2.26. The Morgan fingerprint density at radius 1 is 1.05 bits per heavy atom. The van der Waals surface area contributed by atoms with Gasteiger partial charge in [0, 0.05) is 23.6 Å². The third-order valence-corrected chi connectivity index (χ3v) is 8.52. The minimum atomic E-state index is -3.27. The van der Waals surface area contributed by atoms with E-state index in [4.69, 9.17) is 0 Å². The lowest BCUT2D eigenvalue weighted by atomic mass is 9.77. The monoisotopic (exact) mass is 321 g/mol. The zero-order valence-electron chi connectivity index (χ0n) is 12.6. The van der Waals surface area contributed by atoms with Crippen molar-refractivity contribution in [2.75, 3.05) is 18.6 Å². The molecule has 2 aliphatic rings. The van der Waals surface area contributed by atoms with Crippen LogP contribution in [0.3, 0.4) is 0 Å². The molecule has 1 N–H and O–H groups in total. The Hall–Kier alpha value is 0.0600. The molecule has 0 heterocycles. The van der Waals surface area contributed by atoms with Crippen LogP contribution in [0, 0.1) is 5.41 Å². The van der Waals surface area contributed by atoms with Gasteiger partial charge in [-0.25, -0.2) is 13.1 Å². The minimum Gasteiger partial charge on any atom is -0.259 e. The molecule has 0 amide bonds. The van der Waals surface area contributed by atoms with E-state index in [2.05, 4.69) is 11.6 Å². The predicted octanol–water partition coefficient (Wildman–Crippen LogP) is 2.18. The number of hydrogen-bond acceptors (Lipinski definition) is 3. The second-order valence-electron chi connectivity index (χ2n) is 6.94. The summed E-state index contributed by atoms with van der Waals surface area (Å²) in [6.45, 7) is 2.43. The van der Waals surface area contributed by atoms with Crippen LogP contribution >= 0.6 is 0 Å². The Morgan fingerprint density at radius 3 is 2.10 bits per heavy atom. The second-order valence-corrected chi connectivity index (χ2v) is 10.5. The van der Waals surface area contributed by atoms with Gasteiger partial charge in [-0.1, -0.05) is 32.6 Å². The molecule has 0 bridgehead atoms. The van der Waals surface area contributed by atoms with E-state index < -0.39 is 20.8 Å². The molecule has 2 rings (SSSR count). The zero-order valence-corrected chi connectivity index (χ0v) is 14.2. The molecule has 0 aromatic rings. The van der Waals surface area contributed by atoms with Crippen molar-refractivity contribution in [3.63, 3.8) is 0 Å². The largest absolute Gasteiger partial charge is 0.259 e. The fourth-order valence-corrected chi connectivity index (χ4v) is 6.47. The minimum absolute atomic E-state index is 0.0811. The standard InChI is InChI=1S/C14H27NO3S2/c1-13(7-4-3-5-8-13)12-20(17,18)15-11-14(19(2)16)9-6-10-14/h15H,3-12H2,1-2H3. The zero-order chi connectivity index (χ0) is 14.9. The maximum absolute atomic E-state index is 12.3. The van der Waals surface area contributed by atoms with Gasteiger partial charge in [0.25, 0.3) is 0 Å². The van der Waals surface area contributed by atoms with E-state index in [0.717, 1.165) is 44.9 Å². The van der Waals surface area contributed by atoms with Gasteiger partial charge in [-0.05, 0) is 31.1 Å². The van der Waals surface area contributed by atoms with E-state index >= 15 is 0 Å². The van der Waals surface area contributed by atoms with E-state index in [1.54, 1.807) is 6.26 Å². The highest BCUT2D eigenvalue weighted by Gasteiger charge is 2.42. The average molecular weight is 322 g/mol. The summed E-state index contributed by atoms with van der Waals surface area (Å²) < 4.78 is 38.8. The smallest absolute Gasteiger partial charge is 0.212 e. The summed E-state index contributed by atoms with van der Waals surface area (Å²) >= 11 is 0. The van der Waals surface area contributed by atoms with Gasteiger partial charge in [-0.15, -0.1) is 0 Å². The lowest BCUT2D eigenvalue weighted by Crippen LogP contribution is -2.51. The van der Waals surface area contributed by atoms with Crippen LogP contribution in [0.15, 0.2) is 0 Å². The van der Waals surface area contributed by atoms with Gasteiger partial charge < -0.3 is 0 Å². The maximum atomic E-state index is 12.3. The number of sulfonamides is 1. The molecule has 2 saturated carbocycles. The highest BCUT2D eigenvalue weighted by atomic mass is 32.2. The van der Waals surface area contributed by atoms with Gasteiger partial charge >= 0.3 is 0 Å². The third-order valence-electron chi connectivity index (χ3n) is 5.09. The van der Waals surface area contributed by atoms with Crippen molar-refractivity contribution in [3.05, 3.63) is 0 Å². The molecule has 0 spiro atoms. The highest BCUT2D eigenvalue weighted by Crippen LogP contribution is 2.38. The lowest BCUT2D eigenvalue weighted by molar-refractivity contribution is 0.246. The second kappa shape index (κ2) is 6.05. The number of hydrogen-bond donors (Lipinski definition) is 1. The molecule has 20 heavy (non-hydrogen) atoms. The van der Waals surface area contributed by atoms with Crippen LogP contribution in [0.5, 0.6) is 0 Å². The summed E-state index contributed by atoms with van der Waals surface area (Å²) in [7, 11) is -4.23. The van der Waals surface area contributed by atoms with E-state index in [0.29, 0.717) is 6.54 Å². The van der Waals surface area contributed by atoms with Crippen molar-refractivity contribution in [2.45, 2.75) is 63.0 Å². The van der Waals surface area contributed by atoms with Crippen LogP contribution in [0.25, 0.3) is 0 Å². The molecule has 118 valence electrons. The normalized spacial score (nSPS) is 26.7. The molecule has 0 radical (unpaired) electrons. The maximum Gasteiger partial charge on any atom is 0.212 e. The van der Waals surface area contributed by atoms with Gasteiger partial charge in [0.2, 0.25) is 10.0 Å². The summed E-state index contributed by atoms with van der Waals surface area (Å²) in [6, 6.07) is 0. The van der Waals surface area contributed by atoms with Crippen molar-refractivity contribution in [3.8, 4) is 0 Å². The summed E-state index contributed by atoms with van der Waals surface area (Å²) in [6.07, 6.45) is 9.98. The molecule has 1 atom stereocenters. The first-order chi connectivity index (χ1) is 9.27. The van der Waals surface area contributed by atoms with Crippen LogP contribution in [0.2, 0.25) is 0 Å². The predicted molar refractivity (Wildman–Crippen MR) is 83.6 cm³/mol. The molecule has 1 unspecified atom stereocenters. The quantitative estimate of drug-likeness (QED) is 0.815. The van der Waals surface area contributed by atoms with Gasteiger partial charge in [-0.3, -0.25) is 4.21 Å². The van der Waals surface area contributed by atoms with Gasteiger partial charge in [0.1, 0.15) is 0 Å². The Morgan fingerprint density at radius 2 is 1.65 bits per heavy atom. The van der Waals surface area contributed by atoms with Gasteiger partial charge in [-0.2, -0.15) is 0 Å².